The van der Waals surface area contributed by atoms with Crippen LogP contribution in [-0.4, -0.2) is 23.9 Å². The fourth-order valence-electron chi connectivity index (χ4n) is 2.19. The van der Waals surface area contributed by atoms with Crippen LogP contribution in [0.3, 0.4) is 0 Å². The first-order valence-corrected chi connectivity index (χ1v) is 8.09. The maximum atomic E-state index is 2.56. The van der Waals surface area contributed by atoms with Gasteiger partial charge in [-0.1, -0.05) is 53.4 Å². The molecule has 0 aromatic rings. The summed E-state index contributed by atoms with van der Waals surface area (Å²) in [7, 11) is 3.29. The van der Waals surface area contributed by atoms with Crippen molar-refractivity contribution in [1.82, 2.24) is 4.67 Å². The Labute approximate surface area is 105 Å². The van der Waals surface area contributed by atoms with Gasteiger partial charge >= 0.3 is 0 Å². The van der Waals surface area contributed by atoms with Gasteiger partial charge in [-0.3, -0.25) is 4.67 Å². The van der Waals surface area contributed by atoms with Gasteiger partial charge in [-0.25, -0.2) is 0 Å². The third-order valence-electron chi connectivity index (χ3n) is 2.94. The smallest absolute Gasteiger partial charge is 0.00440 e. The van der Waals surface area contributed by atoms with E-state index < -0.39 is 0 Å². The van der Waals surface area contributed by atoms with Gasteiger partial charge in [0.1, 0.15) is 0 Å². The van der Waals surface area contributed by atoms with E-state index in [1.165, 1.54) is 45.1 Å². The van der Waals surface area contributed by atoms with Crippen LogP contribution in [0.1, 0.15) is 66.2 Å². The molecule has 0 heterocycles. The molecule has 0 amide bonds. The number of rotatable bonds is 10. The van der Waals surface area contributed by atoms with Crippen LogP contribution in [0, 0.1) is 5.92 Å². The van der Waals surface area contributed by atoms with E-state index in [9.17, 15) is 0 Å². The van der Waals surface area contributed by atoms with E-state index in [0.717, 1.165) is 20.3 Å². The van der Waals surface area contributed by atoms with Gasteiger partial charge in [0.25, 0.3) is 0 Å². The van der Waals surface area contributed by atoms with E-state index in [1.54, 1.807) is 0 Å². The van der Waals surface area contributed by atoms with Crippen LogP contribution in [0.15, 0.2) is 0 Å². The van der Waals surface area contributed by atoms with Crippen LogP contribution in [0.25, 0.3) is 0 Å². The molecule has 1 nitrogen and oxygen atoms in total. The van der Waals surface area contributed by atoms with E-state index in [4.69, 9.17) is 0 Å². The summed E-state index contributed by atoms with van der Waals surface area (Å²) in [6.45, 7) is 10.6. The summed E-state index contributed by atoms with van der Waals surface area (Å²) in [6, 6.07) is 0. The van der Waals surface area contributed by atoms with Crippen LogP contribution >= 0.6 is 8.73 Å². The Morgan fingerprint density at radius 1 is 1.00 bits per heavy atom. The molecular formula is C14H32NP. The average molecular weight is 245 g/mol. The van der Waals surface area contributed by atoms with Crippen molar-refractivity contribution >= 4 is 8.73 Å². The molecule has 0 spiro atoms. The molecule has 0 aromatic carbocycles. The standard InChI is InChI=1S/C14H32NP/c1-6-8-10-14(11-9-7-2)12-15(5)16-13(3)4/h13-14,16H,6-12H2,1-5H3. The van der Waals surface area contributed by atoms with Crippen molar-refractivity contribution in [2.45, 2.75) is 71.9 Å². The normalized spacial score (nSPS) is 12.8. The summed E-state index contributed by atoms with van der Waals surface area (Å²) in [4.78, 5) is 0. The summed E-state index contributed by atoms with van der Waals surface area (Å²) >= 11 is 0. The Morgan fingerprint density at radius 3 is 1.88 bits per heavy atom. The van der Waals surface area contributed by atoms with E-state index in [2.05, 4.69) is 39.4 Å². The van der Waals surface area contributed by atoms with Gasteiger partial charge in [0.2, 0.25) is 0 Å². The number of unbranched alkanes of at least 4 members (excludes halogenated alkanes) is 2. The Bertz CT molecular complexity index is 140. The van der Waals surface area contributed by atoms with Crippen molar-refractivity contribution in [1.29, 1.82) is 0 Å². The van der Waals surface area contributed by atoms with Crippen molar-refractivity contribution in [2.24, 2.45) is 5.92 Å². The lowest BCUT2D eigenvalue weighted by atomic mass is 9.96. The van der Waals surface area contributed by atoms with Crippen molar-refractivity contribution in [2.75, 3.05) is 13.6 Å². The van der Waals surface area contributed by atoms with Crippen LogP contribution in [0.4, 0.5) is 0 Å². The molecule has 0 bridgehead atoms. The number of hydrogen-bond donors (Lipinski definition) is 0. The highest BCUT2D eigenvalue weighted by atomic mass is 31.1. The highest BCUT2D eigenvalue weighted by molar-refractivity contribution is 7.36. The summed E-state index contributed by atoms with van der Waals surface area (Å²) in [5, 5.41) is 0. The van der Waals surface area contributed by atoms with Gasteiger partial charge in [-0.05, 0) is 40.2 Å². The Hall–Kier alpha value is 0.390. The molecular weight excluding hydrogens is 213 g/mol. The highest BCUT2D eigenvalue weighted by Gasteiger charge is 2.11. The molecule has 0 aromatic heterocycles. The van der Waals surface area contributed by atoms with E-state index >= 15 is 0 Å². The monoisotopic (exact) mass is 245 g/mol. The zero-order valence-corrected chi connectivity index (χ0v) is 13.1. The molecule has 0 saturated heterocycles. The molecule has 0 radical (unpaired) electrons. The summed E-state index contributed by atoms with van der Waals surface area (Å²) in [5.74, 6) is 0.941. The van der Waals surface area contributed by atoms with Crippen LogP contribution in [0.5, 0.6) is 0 Å². The van der Waals surface area contributed by atoms with Crippen molar-refractivity contribution in [3.05, 3.63) is 0 Å². The van der Waals surface area contributed by atoms with E-state index in [1.807, 2.05) is 0 Å². The van der Waals surface area contributed by atoms with Gasteiger partial charge in [0, 0.05) is 6.54 Å². The minimum atomic E-state index is 0.822. The topological polar surface area (TPSA) is 3.24 Å². The fraction of sp³-hybridized carbons (Fsp3) is 1.00. The molecule has 0 aliphatic heterocycles. The first-order chi connectivity index (χ1) is 7.60. The molecule has 0 aliphatic carbocycles. The summed E-state index contributed by atoms with van der Waals surface area (Å²) in [5.41, 5.74) is 0.822. The molecule has 0 fully saturated rings. The first-order valence-electron chi connectivity index (χ1n) is 7.07. The van der Waals surface area contributed by atoms with Gasteiger partial charge < -0.3 is 0 Å². The zero-order valence-electron chi connectivity index (χ0n) is 12.1. The van der Waals surface area contributed by atoms with Crippen molar-refractivity contribution in [3.63, 3.8) is 0 Å². The second-order valence-electron chi connectivity index (χ2n) is 5.31. The molecule has 0 N–H and O–H groups in total. The predicted octanol–water partition coefficient (Wildman–Crippen LogP) is 4.92. The fourth-order valence-corrected chi connectivity index (χ4v) is 3.44. The van der Waals surface area contributed by atoms with Crippen LogP contribution in [0.2, 0.25) is 0 Å². The van der Waals surface area contributed by atoms with E-state index in [-0.39, 0.29) is 0 Å². The van der Waals surface area contributed by atoms with Crippen LogP contribution < -0.4 is 0 Å². The molecule has 98 valence electrons. The summed E-state index contributed by atoms with van der Waals surface area (Å²) in [6.07, 6.45) is 8.38. The minimum absolute atomic E-state index is 0.822. The third kappa shape index (κ3) is 9.60. The lowest BCUT2D eigenvalue weighted by Gasteiger charge is -2.25. The lowest BCUT2D eigenvalue weighted by Crippen LogP contribution is -2.20. The maximum Gasteiger partial charge on any atom is 0.00440 e. The molecule has 1 unspecified atom stereocenters. The summed E-state index contributed by atoms with van der Waals surface area (Å²) < 4.78 is 2.56. The number of nitrogens with zero attached hydrogens (tertiary/aromatic N) is 1. The van der Waals surface area contributed by atoms with Gasteiger partial charge in [-0.15, -0.1) is 0 Å². The van der Waals surface area contributed by atoms with Crippen molar-refractivity contribution < 1.29 is 0 Å². The van der Waals surface area contributed by atoms with E-state index in [0.29, 0.717) is 0 Å². The molecule has 16 heavy (non-hydrogen) atoms. The average Bonchev–Trinajstić information content (AvgIpc) is 2.20. The molecule has 0 rings (SSSR count). The predicted molar refractivity (Wildman–Crippen MR) is 78.6 cm³/mol. The van der Waals surface area contributed by atoms with Gasteiger partial charge in [-0.2, -0.15) is 0 Å². The molecule has 2 heteroatoms. The van der Waals surface area contributed by atoms with Gasteiger partial charge in [0.05, 0.1) is 0 Å². The highest BCUT2D eigenvalue weighted by Crippen LogP contribution is 2.26. The second kappa shape index (κ2) is 10.5. The first kappa shape index (κ1) is 16.4. The lowest BCUT2D eigenvalue weighted by molar-refractivity contribution is 0.348. The quantitative estimate of drug-likeness (QED) is 0.494. The Kier molecular flexibility index (Phi) is 10.8. The Morgan fingerprint density at radius 2 is 1.50 bits per heavy atom. The second-order valence-corrected chi connectivity index (χ2v) is 7.49. The SMILES string of the molecule is CCCCC(CCCC)CN(C)PC(C)C. The molecule has 0 saturated carbocycles. The largest absolute Gasteiger partial charge is 0.287 e. The van der Waals surface area contributed by atoms with Crippen molar-refractivity contribution in [3.8, 4) is 0 Å². The maximum absolute atomic E-state index is 2.56. The molecule has 1 atom stereocenters. The van der Waals surface area contributed by atoms with Crippen LogP contribution in [-0.2, 0) is 0 Å². The minimum Gasteiger partial charge on any atom is -0.287 e. The Balaban J connectivity index is 3.87. The third-order valence-corrected chi connectivity index (χ3v) is 4.08. The molecule has 0 aliphatic rings. The number of hydrogen-bond acceptors (Lipinski definition) is 1. The zero-order chi connectivity index (χ0) is 12.4. The van der Waals surface area contributed by atoms with Gasteiger partial charge in [0.15, 0.2) is 0 Å².